The zero-order valence-electron chi connectivity index (χ0n) is 38.8. The van der Waals surface area contributed by atoms with Crippen molar-refractivity contribution >= 4 is 11.6 Å². The van der Waals surface area contributed by atoms with Gasteiger partial charge in [-0.25, -0.2) is 9.97 Å². The third-order valence-corrected chi connectivity index (χ3v) is 14.7. The summed E-state index contributed by atoms with van der Waals surface area (Å²) in [4.78, 5) is 12.6. The fourth-order valence-electron chi connectivity index (χ4n) is 9.87. The summed E-state index contributed by atoms with van der Waals surface area (Å²) < 4.78 is 21.4. The molecule has 1 fully saturated rings. The third-order valence-electron chi connectivity index (χ3n) is 14.7. The maximum atomic E-state index is 7.38. The lowest BCUT2D eigenvalue weighted by molar-refractivity contribution is -0.132. The van der Waals surface area contributed by atoms with Gasteiger partial charge < -0.3 is 19.5 Å². The highest BCUT2D eigenvalue weighted by atomic mass is 16.5. The lowest BCUT2D eigenvalue weighted by Gasteiger charge is -2.58. The summed E-state index contributed by atoms with van der Waals surface area (Å²) in [6.07, 6.45) is 4.25. The predicted molar refractivity (Wildman–Crippen MR) is 234 cm³/mol. The van der Waals surface area contributed by atoms with Crippen molar-refractivity contribution in [2.45, 2.75) is 190 Å². The first-order valence-corrected chi connectivity index (χ1v) is 20.6. The first-order chi connectivity index (χ1) is 25.1. The smallest absolute Gasteiger partial charge is 0.227 e. The van der Waals surface area contributed by atoms with Gasteiger partial charge in [0.1, 0.15) is 11.4 Å². The lowest BCUT2D eigenvalue weighted by Crippen LogP contribution is -2.70. The van der Waals surface area contributed by atoms with Gasteiger partial charge in [-0.3, -0.25) is 4.90 Å². The summed E-state index contributed by atoms with van der Waals surface area (Å²) in [7, 11) is 0. The van der Waals surface area contributed by atoms with E-state index in [0.29, 0.717) is 5.95 Å². The summed E-state index contributed by atoms with van der Waals surface area (Å²) in [6, 6.07) is 16.8. The molecule has 5 rings (SSSR count). The van der Waals surface area contributed by atoms with Gasteiger partial charge in [0.05, 0.1) is 33.6 Å². The number of anilines is 2. The minimum atomic E-state index is -0.789. The SMILES string of the molecule is Cc1cc2nc(n1)Nc1ccc(OC(C)(C)C(C)(C)N3C(C)(C)C(C)(C)C(C)(C)C3(C)C)c(c1)C(C)(C)OC(C)(C)/C=C/C(C)(C)OC(C)(C)c1cccc-2c1. The van der Waals surface area contributed by atoms with E-state index in [2.05, 4.69) is 203 Å². The minimum absolute atomic E-state index is 0.0127. The molecule has 6 bridgehead atoms. The number of aromatic nitrogens is 2. The molecule has 7 heteroatoms. The number of hydrogen-bond acceptors (Lipinski definition) is 7. The Hall–Kier alpha value is -3.26. The Labute approximate surface area is 340 Å². The molecule has 0 aliphatic carbocycles. The molecule has 0 unspecified atom stereocenters. The highest BCUT2D eigenvalue weighted by Crippen LogP contribution is 2.66. The fraction of sp³-hybridized carbons (Fsp3) is 0.633. The number of aryl methyl sites for hydroxylation is 1. The van der Waals surface area contributed by atoms with E-state index in [4.69, 9.17) is 24.2 Å². The number of benzene rings is 2. The van der Waals surface area contributed by atoms with Crippen LogP contribution in [0.2, 0.25) is 0 Å². The molecule has 3 heterocycles. The molecule has 308 valence electrons. The summed E-state index contributed by atoms with van der Waals surface area (Å²) in [6.45, 7) is 47.4. The molecule has 0 radical (unpaired) electrons. The molecule has 56 heavy (non-hydrogen) atoms. The number of nitrogens with zero attached hydrogens (tertiary/aromatic N) is 3. The van der Waals surface area contributed by atoms with Crippen LogP contribution in [-0.2, 0) is 20.7 Å². The standard InChI is InChI=1S/C49H74N4O3/c1-32-29-37-33-23-22-24-34(30-33)42(6,7)55-40(2,3)27-28-41(4,5)56-43(8,9)36-31-35(51-39(50-32)52-37)25-26-38(36)54-49(20,21)48(18,19)53-46(14,15)44(10,11)45(12,13)47(53,16)17/h22-31H,1-21H3,(H,50,51,52)/b28-27+. The van der Waals surface area contributed by atoms with Crippen LogP contribution in [-0.4, -0.2) is 48.3 Å². The monoisotopic (exact) mass is 767 g/mol. The number of hydrogen-bond donors (Lipinski definition) is 1. The molecule has 1 aromatic heterocycles. The maximum Gasteiger partial charge on any atom is 0.227 e. The molecule has 2 aromatic carbocycles. The van der Waals surface area contributed by atoms with Crippen molar-refractivity contribution in [3.8, 4) is 17.0 Å². The summed E-state index contributed by atoms with van der Waals surface area (Å²) in [5.41, 5.74) is 1.62. The van der Waals surface area contributed by atoms with Crippen molar-refractivity contribution in [3.63, 3.8) is 0 Å². The van der Waals surface area contributed by atoms with Crippen LogP contribution in [0.25, 0.3) is 11.3 Å². The largest absolute Gasteiger partial charge is 0.486 e. The van der Waals surface area contributed by atoms with Crippen LogP contribution in [0.15, 0.2) is 60.7 Å². The van der Waals surface area contributed by atoms with Gasteiger partial charge in [0.25, 0.3) is 0 Å². The zero-order valence-corrected chi connectivity index (χ0v) is 38.8. The van der Waals surface area contributed by atoms with Crippen molar-refractivity contribution in [1.29, 1.82) is 0 Å². The molecule has 2 aliphatic heterocycles. The zero-order chi connectivity index (χ0) is 42.5. The predicted octanol–water partition coefficient (Wildman–Crippen LogP) is 12.7. The molecule has 1 saturated heterocycles. The maximum absolute atomic E-state index is 7.38. The van der Waals surface area contributed by atoms with E-state index in [1.165, 1.54) is 0 Å². The van der Waals surface area contributed by atoms with Crippen LogP contribution in [0.1, 0.15) is 155 Å². The Bertz CT molecular complexity index is 1970. The van der Waals surface area contributed by atoms with E-state index >= 15 is 0 Å². The van der Waals surface area contributed by atoms with Gasteiger partial charge in [0.2, 0.25) is 5.95 Å². The average molecular weight is 767 g/mol. The minimum Gasteiger partial charge on any atom is -0.486 e. The van der Waals surface area contributed by atoms with Gasteiger partial charge >= 0.3 is 0 Å². The quantitative estimate of drug-likeness (QED) is 0.265. The van der Waals surface area contributed by atoms with Crippen molar-refractivity contribution in [3.05, 3.63) is 77.5 Å². The summed E-state index contributed by atoms with van der Waals surface area (Å²) in [5.74, 6) is 1.30. The van der Waals surface area contributed by atoms with Gasteiger partial charge in [0.15, 0.2) is 0 Å². The number of likely N-dealkylation sites (tertiary alicyclic amines) is 1. The molecule has 0 saturated carbocycles. The summed E-state index contributed by atoms with van der Waals surface area (Å²) in [5, 5.41) is 3.55. The van der Waals surface area contributed by atoms with Gasteiger partial charge in [-0.15, -0.1) is 0 Å². The number of fused-ring (bicyclic) bond motifs is 7. The van der Waals surface area contributed by atoms with Gasteiger partial charge in [-0.1, -0.05) is 58.0 Å². The van der Waals surface area contributed by atoms with Gasteiger partial charge in [0, 0.05) is 33.6 Å². The average Bonchev–Trinajstić information content (AvgIpc) is 3.09. The Morgan fingerprint density at radius 2 is 1.18 bits per heavy atom. The Morgan fingerprint density at radius 3 is 1.73 bits per heavy atom. The van der Waals surface area contributed by atoms with Crippen LogP contribution in [0.3, 0.4) is 0 Å². The van der Waals surface area contributed by atoms with E-state index in [1.807, 2.05) is 13.0 Å². The van der Waals surface area contributed by atoms with E-state index in [0.717, 1.165) is 39.5 Å². The van der Waals surface area contributed by atoms with E-state index < -0.39 is 33.5 Å². The Balaban J connectivity index is 1.67. The van der Waals surface area contributed by atoms with Gasteiger partial charge in [-0.05, 0) is 164 Å². The van der Waals surface area contributed by atoms with Crippen LogP contribution in [0.4, 0.5) is 11.6 Å². The second-order valence-electron chi connectivity index (χ2n) is 21.8. The molecular formula is C49H74N4O3. The number of rotatable bonds is 4. The molecule has 0 amide bonds. The highest BCUT2D eigenvalue weighted by Gasteiger charge is 2.71. The van der Waals surface area contributed by atoms with Crippen LogP contribution >= 0.6 is 0 Å². The second kappa shape index (κ2) is 13.4. The van der Waals surface area contributed by atoms with E-state index in [-0.39, 0.29) is 21.9 Å². The van der Waals surface area contributed by atoms with Crippen molar-refractivity contribution in [2.24, 2.45) is 10.8 Å². The number of ether oxygens (including phenoxy) is 3. The molecule has 2 aliphatic rings. The van der Waals surface area contributed by atoms with Crippen molar-refractivity contribution in [2.75, 3.05) is 5.32 Å². The number of nitrogens with one attached hydrogen (secondary N) is 1. The van der Waals surface area contributed by atoms with E-state index in [9.17, 15) is 0 Å². The molecule has 7 nitrogen and oxygen atoms in total. The van der Waals surface area contributed by atoms with Crippen molar-refractivity contribution < 1.29 is 14.2 Å². The first-order valence-electron chi connectivity index (χ1n) is 20.6. The lowest BCUT2D eigenvalue weighted by atomic mass is 9.57. The molecule has 0 spiro atoms. The van der Waals surface area contributed by atoms with Crippen LogP contribution in [0.5, 0.6) is 5.75 Å². The van der Waals surface area contributed by atoms with Crippen molar-refractivity contribution in [1.82, 2.24) is 14.9 Å². The second-order valence-corrected chi connectivity index (χ2v) is 21.8. The normalized spacial score (nSPS) is 23.9. The van der Waals surface area contributed by atoms with Gasteiger partial charge in [-0.2, -0.15) is 0 Å². The molecule has 0 atom stereocenters. The summed E-state index contributed by atoms with van der Waals surface area (Å²) >= 11 is 0. The topological polar surface area (TPSA) is 68.7 Å². The Kier molecular flexibility index (Phi) is 10.5. The molecule has 1 N–H and O–H groups in total. The van der Waals surface area contributed by atoms with Crippen LogP contribution in [0, 0.1) is 17.8 Å². The highest BCUT2D eigenvalue weighted by molar-refractivity contribution is 5.65. The molecular weight excluding hydrogens is 693 g/mol. The Morgan fingerprint density at radius 1 is 0.643 bits per heavy atom. The van der Waals surface area contributed by atoms with Crippen LogP contribution < -0.4 is 10.1 Å². The van der Waals surface area contributed by atoms with E-state index in [1.54, 1.807) is 0 Å². The fourth-order valence-corrected chi connectivity index (χ4v) is 9.87. The first kappa shape index (κ1) is 43.9. The third kappa shape index (κ3) is 7.46. The molecule has 3 aromatic rings.